The summed E-state index contributed by atoms with van der Waals surface area (Å²) in [6.07, 6.45) is 2.74. The van der Waals surface area contributed by atoms with Gasteiger partial charge in [-0.05, 0) is 48.6 Å². The number of furan rings is 1. The maximum Gasteiger partial charge on any atom is 0.146 e. The van der Waals surface area contributed by atoms with Crippen molar-refractivity contribution in [3.63, 3.8) is 0 Å². The molecule has 0 aliphatic carbocycles. The number of halogens is 1. The van der Waals surface area contributed by atoms with E-state index in [9.17, 15) is 0 Å². The lowest BCUT2D eigenvalue weighted by atomic mass is 10.0. The SMILES string of the molecule is Cc1c(CC(C)C)oc2cc(-c3sc4c(Cl)nccc4c3C)ccc12. The topological polar surface area (TPSA) is 26.0 Å². The van der Waals surface area contributed by atoms with Gasteiger partial charge < -0.3 is 4.42 Å². The lowest BCUT2D eigenvalue weighted by Crippen LogP contribution is -1.93. The molecule has 0 atom stereocenters. The molecular formula is C21H20ClNOS. The van der Waals surface area contributed by atoms with E-state index in [-0.39, 0.29) is 0 Å². The van der Waals surface area contributed by atoms with Gasteiger partial charge in [-0.25, -0.2) is 4.98 Å². The Labute approximate surface area is 156 Å². The predicted octanol–water partition coefficient (Wildman–Crippen LogP) is 7.18. The van der Waals surface area contributed by atoms with E-state index in [1.165, 1.54) is 32.3 Å². The maximum atomic E-state index is 6.28. The summed E-state index contributed by atoms with van der Waals surface area (Å²) in [5, 5.41) is 2.96. The van der Waals surface area contributed by atoms with Crippen molar-refractivity contribution in [2.24, 2.45) is 5.92 Å². The molecule has 0 saturated carbocycles. The zero-order chi connectivity index (χ0) is 17.7. The molecule has 0 bridgehead atoms. The van der Waals surface area contributed by atoms with Crippen LogP contribution in [0.4, 0.5) is 0 Å². The van der Waals surface area contributed by atoms with Crippen LogP contribution in [-0.2, 0) is 6.42 Å². The van der Waals surface area contributed by atoms with Crippen molar-refractivity contribution in [2.75, 3.05) is 0 Å². The number of rotatable bonds is 3. The highest BCUT2D eigenvalue weighted by Crippen LogP contribution is 2.41. The van der Waals surface area contributed by atoms with Crippen LogP contribution >= 0.6 is 22.9 Å². The highest BCUT2D eigenvalue weighted by molar-refractivity contribution is 7.23. The van der Waals surface area contributed by atoms with Gasteiger partial charge in [0, 0.05) is 28.3 Å². The second-order valence-electron chi connectivity index (χ2n) is 6.99. The van der Waals surface area contributed by atoms with Gasteiger partial charge in [0.2, 0.25) is 0 Å². The summed E-state index contributed by atoms with van der Waals surface area (Å²) in [7, 11) is 0. The Balaban J connectivity index is 1.87. The standard InChI is InChI=1S/C21H20ClNOS/c1-11(2)9-17-12(3)15-6-5-14(10-18(15)24-17)19-13(4)16-7-8-23-21(22)20(16)25-19/h5-8,10-11H,9H2,1-4H3. The number of hydrogen-bond acceptors (Lipinski definition) is 3. The van der Waals surface area contributed by atoms with Crippen molar-refractivity contribution in [1.29, 1.82) is 0 Å². The molecule has 4 heteroatoms. The molecule has 0 fully saturated rings. The van der Waals surface area contributed by atoms with Gasteiger partial charge in [-0.1, -0.05) is 37.6 Å². The molecule has 0 amide bonds. The number of hydrogen-bond donors (Lipinski definition) is 0. The first-order valence-corrected chi connectivity index (χ1v) is 9.71. The Hall–Kier alpha value is -1.84. The molecule has 4 aromatic rings. The third kappa shape index (κ3) is 2.76. The van der Waals surface area contributed by atoms with Gasteiger partial charge in [0.05, 0.1) is 4.70 Å². The quantitative estimate of drug-likeness (QED) is 0.357. The van der Waals surface area contributed by atoms with E-state index in [1.807, 2.05) is 6.07 Å². The summed E-state index contributed by atoms with van der Waals surface area (Å²) in [6, 6.07) is 8.55. The van der Waals surface area contributed by atoms with Gasteiger partial charge in [0.25, 0.3) is 0 Å². The van der Waals surface area contributed by atoms with Crippen molar-refractivity contribution >= 4 is 44.0 Å². The summed E-state index contributed by atoms with van der Waals surface area (Å²) in [4.78, 5) is 5.43. The van der Waals surface area contributed by atoms with Crippen LogP contribution in [0.15, 0.2) is 34.9 Å². The third-order valence-electron chi connectivity index (χ3n) is 4.70. The van der Waals surface area contributed by atoms with Crippen LogP contribution in [0.2, 0.25) is 5.15 Å². The maximum absolute atomic E-state index is 6.28. The molecule has 2 nitrogen and oxygen atoms in total. The van der Waals surface area contributed by atoms with E-state index in [2.05, 4.69) is 50.9 Å². The number of benzene rings is 1. The van der Waals surface area contributed by atoms with Gasteiger partial charge in [-0.3, -0.25) is 0 Å². The van der Waals surface area contributed by atoms with Crippen molar-refractivity contribution in [3.8, 4) is 10.4 Å². The highest BCUT2D eigenvalue weighted by atomic mass is 35.5. The fourth-order valence-electron chi connectivity index (χ4n) is 3.37. The number of thiophene rings is 1. The Kier molecular flexibility index (Phi) is 4.09. The van der Waals surface area contributed by atoms with Crippen LogP contribution in [-0.4, -0.2) is 4.98 Å². The molecule has 4 rings (SSSR count). The number of pyridine rings is 1. The zero-order valence-corrected chi connectivity index (χ0v) is 16.4. The minimum atomic E-state index is 0.575. The summed E-state index contributed by atoms with van der Waals surface area (Å²) >= 11 is 7.98. The average molecular weight is 370 g/mol. The Morgan fingerprint density at radius 2 is 1.92 bits per heavy atom. The first kappa shape index (κ1) is 16.6. The Bertz CT molecular complexity index is 1090. The minimum absolute atomic E-state index is 0.575. The average Bonchev–Trinajstić information content (AvgIpc) is 3.06. The van der Waals surface area contributed by atoms with Gasteiger partial charge in [0.15, 0.2) is 0 Å². The summed E-state index contributed by atoms with van der Waals surface area (Å²) in [5.74, 6) is 1.68. The van der Waals surface area contributed by atoms with Crippen LogP contribution < -0.4 is 0 Å². The van der Waals surface area contributed by atoms with Crippen LogP contribution in [0.5, 0.6) is 0 Å². The van der Waals surface area contributed by atoms with Crippen LogP contribution in [0.1, 0.15) is 30.7 Å². The van der Waals surface area contributed by atoms with Gasteiger partial charge in [-0.2, -0.15) is 0 Å². The second-order valence-corrected chi connectivity index (χ2v) is 8.37. The molecular weight excluding hydrogens is 350 g/mol. The molecule has 25 heavy (non-hydrogen) atoms. The molecule has 128 valence electrons. The largest absolute Gasteiger partial charge is 0.461 e. The minimum Gasteiger partial charge on any atom is -0.461 e. The van der Waals surface area contributed by atoms with Gasteiger partial charge in [-0.15, -0.1) is 11.3 Å². The fraction of sp³-hybridized carbons (Fsp3) is 0.286. The molecule has 0 spiro atoms. The molecule has 0 radical (unpaired) electrons. The summed E-state index contributed by atoms with van der Waals surface area (Å²) < 4.78 is 7.22. The van der Waals surface area contributed by atoms with Crippen LogP contribution in [0.3, 0.4) is 0 Å². The Morgan fingerprint density at radius 3 is 2.64 bits per heavy atom. The lowest BCUT2D eigenvalue weighted by Gasteiger charge is -2.01. The second kappa shape index (κ2) is 6.15. The summed E-state index contributed by atoms with van der Waals surface area (Å²) in [6.45, 7) is 8.73. The molecule has 0 unspecified atom stereocenters. The molecule has 0 aliphatic rings. The fourth-order valence-corrected chi connectivity index (χ4v) is 4.83. The van der Waals surface area contributed by atoms with Crippen molar-refractivity contribution in [3.05, 3.63) is 52.5 Å². The smallest absolute Gasteiger partial charge is 0.146 e. The van der Waals surface area contributed by atoms with Gasteiger partial charge >= 0.3 is 0 Å². The number of aryl methyl sites for hydroxylation is 2. The molecule has 1 aromatic carbocycles. The summed E-state index contributed by atoms with van der Waals surface area (Å²) in [5.41, 5.74) is 4.64. The van der Waals surface area contributed by atoms with E-state index >= 15 is 0 Å². The van der Waals surface area contributed by atoms with Gasteiger partial charge in [0.1, 0.15) is 16.5 Å². The van der Waals surface area contributed by atoms with E-state index in [1.54, 1.807) is 17.5 Å². The highest BCUT2D eigenvalue weighted by Gasteiger charge is 2.16. The molecule has 0 saturated heterocycles. The van der Waals surface area contributed by atoms with E-state index in [0.29, 0.717) is 11.1 Å². The van der Waals surface area contributed by atoms with Crippen LogP contribution in [0, 0.1) is 19.8 Å². The van der Waals surface area contributed by atoms with E-state index in [4.69, 9.17) is 16.0 Å². The van der Waals surface area contributed by atoms with Crippen molar-refractivity contribution < 1.29 is 4.42 Å². The third-order valence-corrected chi connectivity index (χ3v) is 6.46. The first-order valence-electron chi connectivity index (χ1n) is 8.51. The number of nitrogens with zero attached hydrogens (tertiary/aromatic N) is 1. The normalized spacial score (nSPS) is 11.9. The Morgan fingerprint density at radius 1 is 1.12 bits per heavy atom. The molecule has 3 heterocycles. The van der Waals surface area contributed by atoms with Crippen LogP contribution in [0.25, 0.3) is 31.5 Å². The lowest BCUT2D eigenvalue weighted by molar-refractivity contribution is 0.496. The molecule has 0 aliphatic heterocycles. The van der Waals surface area contributed by atoms with Crippen molar-refractivity contribution in [1.82, 2.24) is 4.98 Å². The molecule has 0 N–H and O–H groups in total. The zero-order valence-electron chi connectivity index (χ0n) is 14.8. The number of aromatic nitrogens is 1. The van der Waals surface area contributed by atoms with Crippen molar-refractivity contribution in [2.45, 2.75) is 34.1 Å². The first-order chi connectivity index (χ1) is 12.0. The number of fused-ring (bicyclic) bond motifs is 2. The monoisotopic (exact) mass is 369 g/mol. The molecule has 3 aromatic heterocycles. The van der Waals surface area contributed by atoms with E-state index in [0.717, 1.165) is 22.5 Å². The van der Waals surface area contributed by atoms with E-state index < -0.39 is 0 Å². The predicted molar refractivity (Wildman–Crippen MR) is 108 cm³/mol.